The van der Waals surface area contributed by atoms with Gasteiger partial charge in [0.1, 0.15) is 5.75 Å². The monoisotopic (exact) mass is 372 g/mol. The molecule has 0 fully saturated rings. The second kappa shape index (κ2) is 9.47. The lowest BCUT2D eigenvalue weighted by Gasteiger charge is -2.12. The normalized spacial score (nSPS) is 10.6. The molecule has 2 rings (SSSR count). The standard InChI is InChI=1S/C20H24N2O5/c1-13-6-7-14(2)16(8-13)27-12-19(23)22-21-11-15-9-17(24-3)20(26-5)18(10-15)25-4/h6-11H,12H2,1-5H3,(H,22,23). The average molecular weight is 372 g/mol. The van der Waals surface area contributed by atoms with E-state index in [1.54, 1.807) is 12.1 Å². The lowest BCUT2D eigenvalue weighted by molar-refractivity contribution is -0.123. The van der Waals surface area contributed by atoms with Gasteiger partial charge in [0.15, 0.2) is 18.1 Å². The first-order valence-corrected chi connectivity index (χ1v) is 8.30. The van der Waals surface area contributed by atoms with E-state index in [0.717, 1.165) is 11.1 Å². The Morgan fingerprint density at radius 3 is 2.26 bits per heavy atom. The van der Waals surface area contributed by atoms with Gasteiger partial charge in [0.2, 0.25) is 5.75 Å². The van der Waals surface area contributed by atoms with Gasteiger partial charge in [0.05, 0.1) is 27.5 Å². The molecule has 0 saturated carbocycles. The third-order valence-corrected chi connectivity index (χ3v) is 3.79. The van der Waals surface area contributed by atoms with Gasteiger partial charge in [-0.1, -0.05) is 12.1 Å². The molecule has 0 aliphatic carbocycles. The van der Waals surface area contributed by atoms with Crippen molar-refractivity contribution in [3.8, 4) is 23.0 Å². The fourth-order valence-electron chi connectivity index (χ4n) is 2.39. The number of hydrazone groups is 1. The molecule has 7 heteroatoms. The van der Waals surface area contributed by atoms with Crippen LogP contribution in [-0.2, 0) is 4.79 Å². The van der Waals surface area contributed by atoms with E-state index < -0.39 is 0 Å². The highest BCUT2D eigenvalue weighted by Crippen LogP contribution is 2.37. The zero-order valence-corrected chi connectivity index (χ0v) is 16.2. The summed E-state index contributed by atoms with van der Waals surface area (Å²) in [6, 6.07) is 9.28. The molecule has 0 spiro atoms. The third-order valence-electron chi connectivity index (χ3n) is 3.79. The van der Waals surface area contributed by atoms with Gasteiger partial charge < -0.3 is 18.9 Å². The van der Waals surface area contributed by atoms with Crippen molar-refractivity contribution in [3.63, 3.8) is 0 Å². The second-order valence-electron chi connectivity index (χ2n) is 5.81. The number of hydrogen-bond donors (Lipinski definition) is 1. The number of benzene rings is 2. The van der Waals surface area contributed by atoms with Gasteiger partial charge in [-0.3, -0.25) is 4.79 Å². The van der Waals surface area contributed by atoms with Crippen molar-refractivity contribution >= 4 is 12.1 Å². The van der Waals surface area contributed by atoms with Gasteiger partial charge in [-0.15, -0.1) is 0 Å². The molecule has 27 heavy (non-hydrogen) atoms. The van der Waals surface area contributed by atoms with Crippen LogP contribution in [0.5, 0.6) is 23.0 Å². The maximum Gasteiger partial charge on any atom is 0.277 e. The molecule has 0 bridgehead atoms. The number of amides is 1. The molecule has 1 N–H and O–H groups in total. The van der Waals surface area contributed by atoms with Gasteiger partial charge >= 0.3 is 0 Å². The highest BCUT2D eigenvalue weighted by atomic mass is 16.5. The van der Waals surface area contributed by atoms with Gasteiger partial charge in [0, 0.05) is 5.56 Å². The number of nitrogens with zero attached hydrogens (tertiary/aromatic N) is 1. The van der Waals surface area contributed by atoms with Crippen LogP contribution < -0.4 is 24.4 Å². The van der Waals surface area contributed by atoms with Crippen molar-refractivity contribution < 1.29 is 23.7 Å². The fraction of sp³-hybridized carbons (Fsp3) is 0.300. The Labute approximate surface area is 158 Å². The Morgan fingerprint density at radius 2 is 1.67 bits per heavy atom. The summed E-state index contributed by atoms with van der Waals surface area (Å²) in [7, 11) is 4.60. The first-order valence-electron chi connectivity index (χ1n) is 8.30. The largest absolute Gasteiger partial charge is 0.493 e. The van der Waals surface area contributed by atoms with Crippen LogP contribution in [0.1, 0.15) is 16.7 Å². The van der Waals surface area contributed by atoms with Gasteiger partial charge in [0.25, 0.3) is 5.91 Å². The Bertz CT molecular complexity index is 808. The molecule has 2 aromatic rings. The van der Waals surface area contributed by atoms with Crippen molar-refractivity contribution in [1.29, 1.82) is 0 Å². The Hall–Kier alpha value is -3.22. The molecule has 0 radical (unpaired) electrons. The number of ether oxygens (including phenoxy) is 4. The van der Waals surface area contributed by atoms with E-state index in [4.69, 9.17) is 18.9 Å². The molecular formula is C20H24N2O5. The predicted molar refractivity (Wildman–Crippen MR) is 103 cm³/mol. The zero-order chi connectivity index (χ0) is 19.8. The van der Waals surface area contributed by atoms with Crippen LogP contribution in [0.4, 0.5) is 0 Å². The number of hydrogen-bond acceptors (Lipinski definition) is 6. The number of rotatable bonds is 8. The smallest absolute Gasteiger partial charge is 0.277 e. The maximum atomic E-state index is 11.9. The summed E-state index contributed by atoms with van der Waals surface area (Å²) in [5.74, 6) is 1.81. The maximum absolute atomic E-state index is 11.9. The van der Waals surface area contributed by atoms with E-state index in [9.17, 15) is 4.79 Å². The number of aryl methyl sites for hydroxylation is 2. The molecule has 0 heterocycles. The minimum Gasteiger partial charge on any atom is -0.493 e. The first kappa shape index (κ1) is 20.1. The van der Waals surface area contributed by atoms with E-state index in [1.165, 1.54) is 27.5 Å². The number of nitrogens with one attached hydrogen (secondary N) is 1. The molecule has 0 unspecified atom stereocenters. The Kier molecular flexibility index (Phi) is 7.05. The van der Waals surface area contributed by atoms with E-state index in [0.29, 0.717) is 28.6 Å². The summed E-state index contributed by atoms with van der Waals surface area (Å²) >= 11 is 0. The van der Waals surface area contributed by atoms with Crippen molar-refractivity contribution in [3.05, 3.63) is 47.0 Å². The van der Waals surface area contributed by atoms with Gasteiger partial charge in [-0.2, -0.15) is 5.10 Å². The van der Waals surface area contributed by atoms with Crippen molar-refractivity contribution in [1.82, 2.24) is 5.43 Å². The van der Waals surface area contributed by atoms with Crippen molar-refractivity contribution in [2.24, 2.45) is 5.10 Å². The van der Waals surface area contributed by atoms with Crippen molar-refractivity contribution in [2.75, 3.05) is 27.9 Å². The summed E-state index contributed by atoms with van der Waals surface area (Å²) in [6.45, 7) is 3.76. The van der Waals surface area contributed by atoms with E-state index in [-0.39, 0.29) is 12.5 Å². The lowest BCUT2D eigenvalue weighted by Crippen LogP contribution is -2.24. The summed E-state index contributed by atoms with van der Waals surface area (Å²) in [5, 5.41) is 3.94. The highest BCUT2D eigenvalue weighted by Gasteiger charge is 2.12. The van der Waals surface area contributed by atoms with E-state index in [2.05, 4.69) is 10.5 Å². The molecule has 1 amide bonds. The van der Waals surface area contributed by atoms with Crippen LogP contribution in [0.25, 0.3) is 0 Å². The van der Waals surface area contributed by atoms with Gasteiger partial charge in [-0.05, 0) is 43.2 Å². The van der Waals surface area contributed by atoms with E-state index >= 15 is 0 Å². The van der Waals surface area contributed by atoms with Crippen LogP contribution in [-0.4, -0.2) is 40.1 Å². The third kappa shape index (κ3) is 5.37. The van der Waals surface area contributed by atoms with Crippen LogP contribution in [0.15, 0.2) is 35.4 Å². The summed E-state index contributed by atoms with van der Waals surface area (Å²) < 4.78 is 21.4. The fourth-order valence-corrected chi connectivity index (χ4v) is 2.39. The molecule has 0 aliphatic rings. The summed E-state index contributed by atoms with van der Waals surface area (Å²) in [6.07, 6.45) is 1.49. The number of carbonyl (C=O) groups excluding carboxylic acids is 1. The predicted octanol–water partition coefficient (Wildman–Crippen LogP) is 2.86. The molecule has 7 nitrogen and oxygen atoms in total. The molecule has 144 valence electrons. The average Bonchev–Trinajstić information content (AvgIpc) is 2.67. The van der Waals surface area contributed by atoms with Gasteiger partial charge in [-0.25, -0.2) is 5.43 Å². The molecule has 2 aromatic carbocycles. The van der Waals surface area contributed by atoms with Crippen LogP contribution in [0.2, 0.25) is 0 Å². The quantitative estimate of drug-likeness (QED) is 0.569. The minimum atomic E-state index is -0.361. The molecule has 0 aromatic heterocycles. The molecule has 0 saturated heterocycles. The SMILES string of the molecule is COc1cc(C=NNC(=O)COc2cc(C)ccc2C)cc(OC)c1OC. The topological polar surface area (TPSA) is 78.4 Å². The number of carbonyl (C=O) groups is 1. The Balaban J connectivity index is 1.98. The minimum absolute atomic E-state index is 0.128. The first-order chi connectivity index (χ1) is 13.0. The van der Waals surface area contributed by atoms with Crippen LogP contribution >= 0.6 is 0 Å². The summed E-state index contributed by atoms with van der Waals surface area (Å²) in [5.41, 5.74) is 5.15. The Morgan fingerprint density at radius 1 is 1.00 bits per heavy atom. The number of methoxy groups -OCH3 is 3. The molecule has 0 aliphatic heterocycles. The van der Waals surface area contributed by atoms with Crippen LogP contribution in [0, 0.1) is 13.8 Å². The van der Waals surface area contributed by atoms with E-state index in [1.807, 2.05) is 32.0 Å². The highest BCUT2D eigenvalue weighted by molar-refractivity contribution is 5.84. The summed E-state index contributed by atoms with van der Waals surface area (Å²) in [4.78, 5) is 11.9. The zero-order valence-electron chi connectivity index (χ0n) is 16.2. The molecule has 0 atom stereocenters. The van der Waals surface area contributed by atoms with Crippen LogP contribution in [0.3, 0.4) is 0 Å². The van der Waals surface area contributed by atoms with Crippen molar-refractivity contribution in [2.45, 2.75) is 13.8 Å². The second-order valence-corrected chi connectivity index (χ2v) is 5.81. The molecular weight excluding hydrogens is 348 g/mol. The lowest BCUT2D eigenvalue weighted by atomic mass is 10.1.